The van der Waals surface area contributed by atoms with Gasteiger partial charge in [-0.1, -0.05) is 95.8 Å². The molecule has 0 saturated heterocycles. The van der Waals surface area contributed by atoms with Crippen LogP contribution >= 0.6 is 8.60 Å². The molecule has 8 heteroatoms. The van der Waals surface area contributed by atoms with E-state index < -0.39 is 20.7 Å². The average Bonchev–Trinajstić information content (AvgIpc) is 2.88. The van der Waals surface area contributed by atoms with E-state index in [9.17, 15) is 9.69 Å². The van der Waals surface area contributed by atoms with Crippen LogP contribution in [-0.2, 0) is 25.0 Å². The molecule has 1 aromatic rings. The summed E-state index contributed by atoms with van der Waals surface area (Å²) in [4.78, 5) is 21.7. The van der Waals surface area contributed by atoms with E-state index in [0.717, 1.165) is 41.6 Å². The third-order valence-electron chi connectivity index (χ3n) is 6.58. The molecule has 0 aliphatic heterocycles. The molecule has 0 aromatic heterocycles. The molecule has 0 spiro atoms. The first-order valence-electron chi connectivity index (χ1n) is 15.1. The van der Waals surface area contributed by atoms with Crippen LogP contribution < -0.4 is 4.74 Å². The maximum Gasteiger partial charge on any atom is 0.329 e. The van der Waals surface area contributed by atoms with E-state index in [1.807, 2.05) is 18.2 Å². The molecule has 0 saturated carbocycles. The second-order valence-corrected chi connectivity index (χ2v) is 12.5. The van der Waals surface area contributed by atoms with E-state index >= 15 is 0 Å². The van der Waals surface area contributed by atoms with E-state index in [1.165, 1.54) is 77.6 Å². The average molecular weight is 571 g/mol. The molecule has 0 radical (unpaired) electrons. The zero-order valence-electron chi connectivity index (χ0n) is 25.5. The van der Waals surface area contributed by atoms with Crippen molar-refractivity contribution in [2.24, 2.45) is 0 Å². The summed E-state index contributed by atoms with van der Waals surface area (Å²) in [5, 5.41) is 0. The first-order valence-corrected chi connectivity index (χ1v) is 16.3. The number of esters is 1. The van der Waals surface area contributed by atoms with Gasteiger partial charge in [0.05, 0.1) is 40.9 Å². The Balaban J connectivity index is 2.32. The maximum atomic E-state index is 11.6. The molecule has 0 heterocycles. The van der Waals surface area contributed by atoms with Crippen molar-refractivity contribution in [1.29, 1.82) is 0 Å². The molecule has 7 nitrogen and oxygen atoms in total. The van der Waals surface area contributed by atoms with Gasteiger partial charge < -0.3 is 27.9 Å². The topological polar surface area (TPSA) is 74.2 Å². The quantitative estimate of drug-likeness (QED) is 0.0565. The van der Waals surface area contributed by atoms with E-state index in [4.69, 9.17) is 18.5 Å². The lowest BCUT2D eigenvalue weighted by atomic mass is 10.0. The molecule has 1 rings (SSSR count). The highest BCUT2D eigenvalue weighted by atomic mass is 31.2. The predicted molar refractivity (Wildman–Crippen MR) is 161 cm³/mol. The molecule has 0 aliphatic rings. The van der Waals surface area contributed by atoms with Crippen LogP contribution in [0.5, 0.6) is 5.75 Å². The van der Waals surface area contributed by atoms with Crippen LogP contribution in [0.1, 0.15) is 103 Å². The Bertz CT molecular complexity index is 742. The van der Waals surface area contributed by atoms with Crippen LogP contribution in [0.25, 0.3) is 0 Å². The summed E-state index contributed by atoms with van der Waals surface area (Å²) in [5.74, 6) is 0.392. The molecule has 0 fully saturated rings. The highest BCUT2D eigenvalue weighted by Crippen LogP contribution is 2.33. The Morgan fingerprint density at radius 1 is 0.846 bits per heavy atom. The minimum absolute atomic E-state index is 0.0119. The molecule has 0 bridgehead atoms. The number of hydrogen-bond acceptors (Lipinski definition) is 6. The Labute approximate surface area is 240 Å². The SMILES string of the molecule is CCCCCCCCCCCCCCc1ccccc1OCC(COP(O)OCCC[N+](C)(C)C)OC(C)=O. The van der Waals surface area contributed by atoms with Crippen LogP contribution in [0.2, 0.25) is 0 Å². The van der Waals surface area contributed by atoms with Crippen molar-refractivity contribution >= 4 is 14.6 Å². The number of unbranched alkanes of at least 4 members (excludes halogenated alkanes) is 11. The summed E-state index contributed by atoms with van der Waals surface area (Å²) in [6.07, 6.45) is 17.1. The highest BCUT2D eigenvalue weighted by Gasteiger charge is 2.18. The summed E-state index contributed by atoms with van der Waals surface area (Å²) < 4.78 is 23.1. The third-order valence-corrected chi connectivity index (χ3v) is 7.35. The van der Waals surface area contributed by atoms with Gasteiger partial charge in [-0.15, -0.1) is 0 Å². The van der Waals surface area contributed by atoms with Crippen molar-refractivity contribution in [3.63, 3.8) is 0 Å². The standard InChI is InChI=1S/C31H57NO6P/c1-6-7-8-9-10-11-12-13-14-15-16-17-21-29-22-18-19-23-31(29)35-26-30(38-28(2)33)27-37-39(34)36-25-20-24-32(3,4)5/h18-19,22-23,30,34H,6-17,20-21,24-27H2,1-5H3/q+1. The van der Waals surface area contributed by atoms with Gasteiger partial charge >= 0.3 is 14.6 Å². The molecule has 1 N–H and O–H groups in total. The van der Waals surface area contributed by atoms with Crippen molar-refractivity contribution in [2.75, 3.05) is 47.5 Å². The van der Waals surface area contributed by atoms with Crippen molar-refractivity contribution in [2.45, 2.75) is 110 Å². The number of benzene rings is 1. The normalized spacial score (nSPS) is 13.3. The van der Waals surface area contributed by atoms with Gasteiger partial charge in [-0.05, 0) is 24.5 Å². The Morgan fingerprint density at radius 2 is 1.44 bits per heavy atom. The first kappa shape index (κ1) is 35.8. The number of quaternary nitrogens is 1. The Hall–Kier alpha value is -1.24. The number of ether oxygens (including phenoxy) is 2. The van der Waals surface area contributed by atoms with Gasteiger partial charge in [-0.25, -0.2) is 0 Å². The maximum absolute atomic E-state index is 11.6. The lowest BCUT2D eigenvalue weighted by molar-refractivity contribution is -0.870. The van der Waals surface area contributed by atoms with Crippen molar-refractivity contribution in [3.8, 4) is 5.75 Å². The number of carbonyl (C=O) groups excluding carboxylic acids is 1. The fourth-order valence-corrected chi connectivity index (χ4v) is 5.06. The van der Waals surface area contributed by atoms with Crippen LogP contribution in [0.4, 0.5) is 0 Å². The van der Waals surface area contributed by atoms with Gasteiger partial charge in [0.15, 0.2) is 6.10 Å². The number of hydrogen-bond donors (Lipinski definition) is 1. The van der Waals surface area contributed by atoms with Gasteiger partial charge in [0.2, 0.25) is 0 Å². The second-order valence-electron chi connectivity index (χ2n) is 11.5. The summed E-state index contributed by atoms with van der Waals surface area (Å²) in [5.41, 5.74) is 1.16. The summed E-state index contributed by atoms with van der Waals surface area (Å²) in [7, 11) is 4.30. The number of aryl methyl sites for hydroxylation is 1. The summed E-state index contributed by atoms with van der Waals surface area (Å²) in [6, 6.07) is 8.04. The van der Waals surface area contributed by atoms with Crippen LogP contribution in [0, 0.1) is 0 Å². The van der Waals surface area contributed by atoms with E-state index in [1.54, 1.807) is 0 Å². The van der Waals surface area contributed by atoms with Crippen molar-refractivity contribution in [1.82, 2.24) is 0 Å². The Morgan fingerprint density at radius 3 is 2.03 bits per heavy atom. The summed E-state index contributed by atoms with van der Waals surface area (Å²) in [6.45, 7) is 5.14. The molecule has 226 valence electrons. The zero-order chi connectivity index (χ0) is 28.8. The van der Waals surface area contributed by atoms with Crippen molar-refractivity contribution < 1.29 is 32.7 Å². The van der Waals surface area contributed by atoms with Gasteiger partial charge in [0, 0.05) is 13.3 Å². The third kappa shape index (κ3) is 21.2. The zero-order valence-corrected chi connectivity index (χ0v) is 26.4. The molecule has 0 aliphatic carbocycles. The minimum Gasteiger partial charge on any atom is -0.489 e. The molecule has 1 aromatic carbocycles. The van der Waals surface area contributed by atoms with Gasteiger partial charge in [0.25, 0.3) is 0 Å². The van der Waals surface area contributed by atoms with E-state index in [-0.39, 0.29) is 13.2 Å². The lowest BCUT2D eigenvalue weighted by Crippen LogP contribution is -2.35. The van der Waals surface area contributed by atoms with Gasteiger partial charge in [-0.3, -0.25) is 4.79 Å². The smallest absolute Gasteiger partial charge is 0.329 e. The predicted octanol–water partition coefficient (Wildman–Crippen LogP) is 7.59. The number of para-hydroxylation sites is 1. The second kappa shape index (κ2) is 22.4. The number of rotatable bonds is 25. The fourth-order valence-electron chi connectivity index (χ4n) is 4.41. The lowest BCUT2D eigenvalue weighted by Gasteiger charge is -2.24. The van der Waals surface area contributed by atoms with Crippen LogP contribution in [-0.4, -0.2) is 69.0 Å². The molecular formula is C31H57NO6P+. The van der Waals surface area contributed by atoms with E-state index in [0.29, 0.717) is 6.61 Å². The number of carbonyl (C=O) groups is 1. The summed E-state index contributed by atoms with van der Waals surface area (Å²) >= 11 is 0. The molecule has 39 heavy (non-hydrogen) atoms. The monoisotopic (exact) mass is 570 g/mol. The molecule has 2 unspecified atom stereocenters. The Kier molecular flexibility index (Phi) is 20.6. The van der Waals surface area contributed by atoms with Crippen LogP contribution in [0.3, 0.4) is 0 Å². The minimum atomic E-state index is -2.03. The molecule has 2 atom stereocenters. The van der Waals surface area contributed by atoms with Gasteiger partial charge in [0.1, 0.15) is 12.4 Å². The van der Waals surface area contributed by atoms with Gasteiger partial charge in [-0.2, -0.15) is 0 Å². The van der Waals surface area contributed by atoms with E-state index in [2.05, 4.69) is 34.1 Å². The van der Waals surface area contributed by atoms with Crippen molar-refractivity contribution in [3.05, 3.63) is 29.8 Å². The molecule has 0 amide bonds. The first-order chi connectivity index (χ1) is 18.7. The largest absolute Gasteiger partial charge is 0.489 e. The highest BCUT2D eigenvalue weighted by molar-refractivity contribution is 7.40. The number of nitrogens with zero attached hydrogens (tertiary/aromatic N) is 1. The molecular weight excluding hydrogens is 513 g/mol. The van der Waals surface area contributed by atoms with Crippen LogP contribution in [0.15, 0.2) is 24.3 Å². The fraction of sp³-hybridized carbons (Fsp3) is 0.774.